The zero-order valence-electron chi connectivity index (χ0n) is 7.66. The Kier molecular flexibility index (Phi) is 6.56. The van der Waals surface area contributed by atoms with Gasteiger partial charge in [0, 0.05) is 12.0 Å². The van der Waals surface area contributed by atoms with Crippen LogP contribution in [0, 0.1) is 0 Å². The summed E-state index contributed by atoms with van der Waals surface area (Å²) in [6, 6.07) is 0. The van der Waals surface area contributed by atoms with E-state index >= 15 is 0 Å². The van der Waals surface area contributed by atoms with Crippen molar-refractivity contribution >= 4 is 20.9 Å². The average Bonchev–Trinajstić information content (AvgIpc) is 1.56. The van der Waals surface area contributed by atoms with Crippen molar-refractivity contribution < 1.29 is 46.7 Å². The summed E-state index contributed by atoms with van der Waals surface area (Å²) in [5.74, 6) is -0.355. The zero-order valence-corrected chi connectivity index (χ0v) is 11.3. The van der Waals surface area contributed by atoms with Gasteiger partial charge < -0.3 is 4.55 Å². The van der Waals surface area contributed by atoms with Gasteiger partial charge in [0.1, 0.15) is 0 Å². The van der Waals surface area contributed by atoms with E-state index in [1.54, 1.807) is 0 Å². The standard InChI is InChI=1S/C5H12O4S2.Na/c1-5(2,4-10(6)7)11(3,8)9;/h4H2,1-3H3,(H,6,7);/q;+1/p-1. The fourth-order valence-electron chi connectivity index (χ4n) is 0.391. The molecule has 0 heterocycles. The predicted octanol–water partition coefficient (Wildman–Crippen LogP) is -3.31. The van der Waals surface area contributed by atoms with Crippen molar-refractivity contribution in [2.24, 2.45) is 0 Å². The monoisotopic (exact) mass is 222 g/mol. The Labute approximate surface area is 97.6 Å². The van der Waals surface area contributed by atoms with E-state index < -0.39 is 25.7 Å². The molecule has 0 aromatic heterocycles. The first-order valence-electron chi connectivity index (χ1n) is 2.92. The molecule has 0 aromatic rings. The van der Waals surface area contributed by atoms with Gasteiger partial charge in [-0.1, -0.05) is 11.1 Å². The maximum absolute atomic E-state index is 10.9. The summed E-state index contributed by atoms with van der Waals surface area (Å²) in [5, 5.41) is 0. The van der Waals surface area contributed by atoms with Crippen LogP contribution in [0.15, 0.2) is 0 Å². The molecule has 0 radical (unpaired) electrons. The summed E-state index contributed by atoms with van der Waals surface area (Å²) in [7, 11) is -3.29. The molecule has 0 aliphatic rings. The van der Waals surface area contributed by atoms with Gasteiger partial charge in [0.15, 0.2) is 9.84 Å². The molecule has 0 aromatic carbocycles. The smallest absolute Gasteiger partial charge is 0.772 e. The van der Waals surface area contributed by atoms with Crippen LogP contribution in [0.5, 0.6) is 0 Å². The van der Waals surface area contributed by atoms with E-state index in [1.807, 2.05) is 0 Å². The summed E-state index contributed by atoms with van der Waals surface area (Å²) in [4.78, 5) is 0. The Morgan fingerprint density at radius 2 is 1.75 bits per heavy atom. The van der Waals surface area contributed by atoms with E-state index in [0.29, 0.717) is 0 Å². The minimum absolute atomic E-state index is 0. The second kappa shape index (κ2) is 5.07. The molecule has 0 bridgehead atoms. The molecule has 0 saturated heterocycles. The van der Waals surface area contributed by atoms with Crippen molar-refractivity contribution in [3.05, 3.63) is 0 Å². The molecule has 0 saturated carbocycles. The minimum Gasteiger partial charge on any atom is -0.772 e. The van der Waals surface area contributed by atoms with Crippen molar-refractivity contribution in [1.82, 2.24) is 0 Å². The van der Waals surface area contributed by atoms with E-state index in [1.165, 1.54) is 13.8 Å². The predicted molar refractivity (Wildman–Crippen MR) is 42.7 cm³/mol. The molecule has 0 rings (SSSR count). The third-order valence-corrected chi connectivity index (χ3v) is 4.76. The van der Waals surface area contributed by atoms with Crippen LogP contribution >= 0.6 is 0 Å². The van der Waals surface area contributed by atoms with Crippen molar-refractivity contribution in [2.75, 3.05) is 12.0 Å². The van der Waals surface area contributed by atoms with Gasteiger partial charge in [0.05, 0.1) is 4.75 Å². The van der Waals surface area contributed by atoms with Crippen molar-refractivity contribution in [3.8, 4) is 0 Å². The molecule has 1 unspecified atom stereocenters. The normalized spacial score (nSPS) is 15.0. The van der Waals surface area contributed by atoms with Crippen molar-refractivity contribution in [1.29, 1.82) is 0 Å². The van der Waals surface area contributed by atoms with Crippen LogP contribution < -0.4 is 29.6 Å². The van der Waals surface area contributed by atoms with Gasteiger partial charge in [-0.2, -0.15) is 0 Å². The fourth-order valence-corrected chi connectivity index (χ4v) is 2.10. The number of hydrogen-bond acceptors (Lipinski definition) is 4. The van der Waals surface area contributed by atoms with Crippen LogP contribution in [0.3, 0.4) is 0 Å². The second-order valence-electron chi connectivity index (χ2n) is 2.98. The minimum atomic E-state index is -3.29. The molecular formula is C5H11NaO4S2. The summed E-state index contributed by atoms with van der Waals surface area (Å²) in [5.41, 5.74) is 0. The number of hydrogen-bond donors (Lipinski definition) is 0. The van der Waals surface area contributed by atoms with Gasteiger partial charge in [-0.25, -0.2) is 8.42 Å². The quantitative estimate of drug-likeness (QED) is 0.370. The SMILES string of the molecule is CC(C)(CS(=O)[O-])S(C)(=O)=O.[Na+]. The second-order valence-corrected chi connectivity index (χ2v) is 6.53. The Hall–Kier alpha value is 1.06. The van der Waals surface area contributed by atoms with Gasteiger partial charge in [-0.15, -0.1) is 0 Å². The third kappa shape index (κ3) is 4.94. The zero-order chi connectivity index (χ0) is 9.28. The fraction of sp³-hybridized carbons (Fsp3) is 1.00. The molecule has 0 aliphatic carbocycles. The molecule has 12 heavy (non-hydrogen) atoms. The van der Waals surface area contributed by atoms with Crippen molar-refractivity contribution in [2.45, 2.75) is 18.6 Å². The summed E-state index contributed by atoms with van der Waals surface area (Å²) < 4.78 is 41.0. The maximum atomic E-state index is 10.9. The molecule has 0 spiro atoms. The molecule has 1 atom stereocenters. The van der Waals surface area contributed by atoms with Crippen LogP contribution in [0.25, 0.3) is 0 Å². The van der Waals surface area contributed by atoms with E-state index in [2.05, 4.69) is 0 Å². The van der Waals surface area contributed by atoms with Crippen LogP contribution in [0.2, 0.25) is 0 Å². The molecule has 0 amide bonds. The molecule has 4 nitrogen and oxygen atoms in total. The molecule has 0 N–H and O–H groups in total. The molecule has 7 heteroatoms. The third-order valence-electron chi connectivity index (χ3n) is 1.47. The first-order chi connectivity index (χ1) is 4.67. The topological polar surface area (TPSA) is 74.3 Å². The molecule has 0 fully saturated rings. The Morgan fingerprint density at radius 1 is 1.42 bits per heavy atom. The van der Waals surface area contributed by atoms with Gasteiger partial charge in [0.25, 0.3) is 0 Å². The number of sulfone groups is 1. The average molecular weight is 222 g/mol. The maximum Gasteiger partial charge on any atom is 1.00 e. The molecule has 68 valence electrons. The van der Waals surface area contributed by atoms with E-state index in [4.69, 9.17) is 0 Å². The van der Waals surface area contributed by atoms with E-state index in [0.717, 1.165) is 6.26 Å². The van der Waals surface area contributed by atoms with E-state index in [9.17, 15) is 17.2 Å². The Bertz CT molecular complexity index is 257. The molecule has 0 aliphatic heterocycles. The van der Waals surface area contributed by atoms with Crippen LogP contribution in [-0.2, 0) is 20.9 Å². The van der Waals surface area contributed by atoms with Crippen LogP contribution in [0.4, 0.5) is 0 Å². The van der Waals surface area contributed by atoms with E-state index in [-0.39, 0.29) is 35.3 Å². The summed E-state index contributed by atoms with van der Waals surface area (Å²) in [6.07, 6.45) is 1.03. The van der Waals surface area contributed by atoms with Gasteiger partial charge in [0.2, 0.25) is 0 Å². The Morgan fingerprint density at radius 3 is 1.83 bits per heavy atom. The van der Waals surface area contributed by atoms with Crippen molar-refractivity contribution in [3.63, 3.8) is 0 Å². The van der Waals surface area contributed by atoms with Crippen LogP contribution in [0.1, 0.15) is 13.8 Å². The summed E-state index contributed by atoms with van der Waals surface area (Å²) >= 11 is -2.31. The number of rotatable bonds is 3. The largest absolute Gasteiger partial charge is 1.00 e. The Balaban J connectivity index is 0. The molecular weight excluding hydrogens is 211 g/mol. The summed E-state index contributed by atoms with van der Waals surface area (Å²) in [6.45, 7) is 2.77. The van der Waals surface area contributed by atoms with Gasteiger partial charge in [-0.3, -0.25) is 4.21 Å². The first-order valence-corrected chi connectivity index (χ1v) is 6.06. The van der Waals surface area contributed by atoms with Crippen LogP contribution in [-0.4, -0.2) is 33.9 Å². The van der Waals surface area contributed by atoms with Gasteiger partial charge in [-0.05, 0) is 13.8 Å². The first kappa shape index (κ1) is 15.5. The van der Waals surface area contributed by atoms with Gasteiger partial charge >= 0.3 is 29.6 Å².